The van der Waals surface area contributed by atoms with Crippen LogP contribution in [0.2, 0.25) is 0 Å². The van der Waals surface area contributed by atoms with Crippen LogP contribution in [0.5, 0.6) is 0 Å². The second-order valence-electron chi connectivity index (χ2n) is 3.86. The van der Waals surface area contributed by atoms with Crippen LogP contribution in [0.15, 0.2) is 24.3 Å². The van der Waals surface area contributed by atoms with Crippen LogP contribution in [0.1, 0.15) is 22.5 Å². The zero-order valence-electron chi connectivity index (χ0n) is 9.51. The van der Waals surface area contributed by atoms with Crippen LogP contribution in [0.4, 0.5) is 0 Å². The number of nitrogens with zero attached hydrogens (tertiary/aromatic N) is 3. The highest BCUT2D eigenvalue weighted by atomic mass is 16.3. The Morgan fingerprint density at radius 1 is 1.25 bits per heavy atom. The molecule has 1 N–H and O–H groups in total. The van der Waals surface area contributed by atoms with Crippen molar-refractivity contribution in [2.75, 3.05) is 0 Å². The molecule has 4 heteroatoms. The molecule has 16 heavy (non-hydrogen) atoms. The van der Waals surface area contributed by atoms with Crippen molar-refractivity contribution in [2.45, 2.75) is 27.0 Å². The number of aliphatic hydroxyl groups is 1. The van der Waals surface area contributed by atoms with Gasteiger partial charge in [-0.25, -0.2) is 4.68 Å². The van der Waals surface area contributed by atoms with Gasteiger partial charge in [0.05, 0.1) is 18.8 Å². The molecule has 1 aromatic carbocycles. The molecule has 0 radical (unpaired) electrons. The summed E-state index contributed by atoms with van der Waals surface area (Å²) < 4.78 is 1.81. The molecule has 0 unspecified atom stereocenters. The minimum atomic E-state index is -0.0559. The van der Waals surface area contributed by atoms with Gasteiger partial charge < -0.3 is 5.11 Å². The van der Waals surface area contributed by atoms with Crippen molar-refractivity contribution in [3.8, 4) is 0 Å². The SMILES string of the molecule is Cc1ccccc1Cn1nnc(CO)c1C. The van der Waals surface area contributed by atoms with Gasteiger partial charge in [-0.1, -0.05) is 29.5 Å². The maximum absolute atomic E-state index is 9.04. The van der Waals surface area contributed by atoms with Gasteiger partial charge in [0.15, 0.2) is 0 Å². The number of aliphatic hydroxyl groups excluding tert-OH is 1. The predicted molar refractivity (Wildman–Crippen MR) is 61.0 cm³/mol. The monoisotopic (exact) mass is 217 g/mol. The summed E-state index contributed by atoms with van der Waals surface area (Å²) >= 11 is 0. The van der Waals surface area contributed by atoms with E-state index in [2.05, 4.69) is 29.4 Å². The van der Waals surface area contributed by atoms with E-state index in [4.69, 9.17) is 5.11 Å². The Morgan fingerprint density at radius 2 is 2.00 bits per heavy atom. The Bertz CT molecular complexity index is 491. The van der Waals surface area contributed by atoms with Crippen molar-refractivity contribution < 1.29 is 5.11 Å². The molecule has 2 aromatic rings. The molecule has 0 atom stereocenters. The fourth-order valence-corrected chi connectivity index (χ4v) is 1.64. The largest absolute Gasteiger partial charge is 0.390 e. The van der Waals surface area contributed by atoms with Gasteiger partial charge in [0, 0.05) is 0 Å². The Balaban J connectivity index is 2.27. The van der Waals surface area contributed by atoms with Crippen molar-refractivity contribution in [2.24, 2.45) is 0 Å². The quantitative estimate of drug-likeness (QED) is 0.846. The summed E-state index contributed by atoms with van der Waals surface area (Å²) in [6.07, 6.45) is 0. The number of benzene rings is 1. The fourth-order valence-electron chi connectivity index (χ4n) is 1.64. The molecule has 84 valence electrons. The van der Waals surface area contributed by atoms with Crippen molar-refractivity contribution in [1.29, 1.82) is 0 Å². The number of aryl methyl sites for hydroxylation is 1. The van der Waals surface area contributed by atoms with E-state index >= 15 is 0 Å². The lowest BCUT2D eigenvalue weighted by molar-refractivity contribution is 0.276. The lowest BCUT2D eigenvalue weighted by Gasteiger charge is -2.06. The lowest BCUT2D eigenvalue weighted by atomic mass is 10.1. The second kappa shape index (κ2) is 4.45. The van der Waals surface area contributed by atoms with Gasteiger partial charge in [0.1, 0.15) is 5.69 Å². The highest BCUT2D eigenvalue weighted by molar-refractivity contribution is 5.26. The highest BCUT2D eigenvalue weighted by Gasteiger charge is 2.08. The molecule has 0 aliphatic rings. The van der Waals surface area contributed by atoms with Gasteiger partial charge in [-0.15, -0.1) is 5.10 Å². The molecule has 1 heterocycles. The smallest absolute Gasteiger partial charge is 0.111 e. The van der Waals surface area contributed by atoms with E-state index in [0.717, 1.165) is 5.69 Å². The van der Waals surface area contributed by atoms with E-state index in [1.54, 1.807) is 0 Å². The maximum atomic E-state index is 9.04. The van der Waals surface area contributed by atoms with Crippen LogP contribution in [-0.4, -0.2) is 20.1 Å². The van der Waals surface area contributed by atoms with Gasteiger partial charge >= 0.3 is 0 Å². The number of hydrogen-bond acceptors (Lipinski definition) is 3. The normalized spacial score (nSPS) is 10.7. The Hall–Kier alpha value is -1.68. The molecule has 0 saturated heterocycles. The molecule has 1 aromatic heterocycles. The summed E-state index contributed by atoms with van der Waals surface area (Å²) in [6, 6.07) is 8.19. The second-order valence-corrected chi connectivity index (χ2v) is 3.86. The number of aromatic nitrogens is 3. The molecule has 2 rings (SSSR count). The maximum Gasteiger partial charge on any atom is 0.111 e. The van der Waals surface area contributed by atoms with E-state index in [0.29, 0.717) is 12.2 Å². The summed E-state index contributed by atoms with van der Waals surface area (Å²) in [7, 11) is 0. The minimum absolute atomic E-state index is 0.0559. The topological polar surface area (TPSA) is 50.9 Å². The van der Waals surface area contributed by atoms with Crippen LogP contribution in [-0.2, 0) is 13.2 Å². The van der Waals surface area contributed by atoms with E-state index in [-0.39, 0.29) is 6.61 Å². The molecule has 0 spiro atoms. The van der Waals surface area contributed by atoms with Gasteiger partial charge in [-0.2, -0.15) is 0 Å². The van der Waals surface area contributed by atoms with Crippen LogP contribution in [0, 0.1) is 13.8 Å². The summed E-state index contributed by atoms with van der Waals surface area (Å²) in [5.41, 5.74) is 4.03. The summed E-state index contributed by atoms with van der Waals surface area (Å²) in [6.45, 7) is 4.64. The average Bonchev–Trinajstić information content (AvgIpc) is 2.63. The summed E-state index contributed by atoms with van der Waals surface area (Å²) in [4.78, 5) is 0. The zero-order chi connectivity index (χ0) is 11.5. The van der Waals surface area contributed by atoms with E-state index in [1.165, 1.54) is 11.1 Å². The van der Waals surface area contributed by atoms with Gasteiger partial charge in [-0.05, 0) is 25.0 Å². The number of rotatable bonds is 3. The van der Waals surface area contributed by atoms with Crippen molar-refractivity contribution in [3.05, 3.63) is 46.8 Å². The summed E-state index contributed by atoms with van der Waals surface area (Å²) in [5.74, 6) is 0. The van der Waals surface area contributed by atoms with Gasteiger partial charge in [-0.3, -0.25) is 0 Å². The third-order valence-electron chi connectivity index (χ3n) is 2.81. The molecule has 0 saturated carbocycles. The molecule has 0 amide bonds. The van der Waals surface area contributed by atoms with E-state index in [1.807, 2.05) is 23.7 Å². The molecule has 0 aliphatic heterocycles. The molecule has 0 aliphatic carbocycles. The van der Waals surface area contributed by atoms with Gasteiger partial charge in [0.25, 0.3) is 0 Å². The highest BCUT2D eigenvalue weighted by Crippen LogP contribution is 2.11. The minimum Gasteiger partial charge on any atom is -0.390 e. The first-order valence-corrected chi connectivity index (χ1v) is 5.26. The van der Waals surface area contributed by atoms with Gasteiger partial charge in [0.2, 0.25) is 0 Å². The molecular weight excluding hydrogens is 202 g/mol. The Labute approximate surface area is 94.5 Å². The molecule has 0 bridgehead atoms. The first kappa shape index (κ1) is 10.8. The van der Waals surface area contributed by atoms with Crippen LogP contribution in [0.25, 0.3) is 0 Å². The lowest BCUT2D eigenvalue weighted by Crippen LogP contribution is -2.05. The summed E-state index contributed by atoms with van der Waals surface area (Å²) in [5, 5.41) is 17.0. The van der Waals surface area contributed by atoms with E-state index < -0.39 is 0 Å². The molecule has 4 nitrogen and oxygen atoms in total. The zero-order valence-corrected chi connectivity index (χ0v) is 9.51. The van der Waals surface area contributed by atoms with Crippen molar-refractivity contribution in [1.82, 2.24) is 15.0 Å². The molecular formula is C12H15N3O. The standard InChI is InChI=1S/C12H15N3O/c1-9-5-3-4-6-11(9)7-15-10(2)12(8-16)13-14-15/h3-6,16H,7-8H2,1-2H3. The Morgan fingerprint density at radius 3 is 2.62 bits per heavy atom. The van der Waals surface area contributed by atoms with Crippen LogP contribution in [0.3, 0.4) is 0 Å². The fraction of sp³-hybridized carbons (Fsp3) is 0.333. The van der Waals surface area contributed by atoms with Crippen LogP contribution >= 0.6 is 0 Å². The third-order valence-corrected chi connectivity index (χ3v) is 2.81. The first-order valence-electron chi connectivity index (χ1n) is 5.26. The first-order chi connectivity index (χ1) is 7.72. The predicted octanol–water partition coefficient (Wildman–Crippen LogP) is 1.44. The Kier molecular flexibility index (Phi) is 3.01. The third kappa shape index (κ3) is 1.97. The van der Waals surface area contributed by atoms with Crippen molar-refractivity contribution in [3.63, 3.8) is 0 Å². The average molecular weight is 217 g/mol. The molecule has 0 fully saturated rings. The van der Waals surface area contributed by atoms with Crippen LogP contribution < -0.4 is 0 Å². The number of hydrogen-bond donors (Lipinski definition) is 1. The van der Waals surface area contributed by atoms with E-state index in [9.17, 15) is 0 Å². The van der Waals surface area contributed by atoms with Crippen molar-refractivity contribution >= 4 is 0 Å².